The molecule has 0 spiro atoms. The van der Waals surface area contributed by atoms with Crippen LogP contribution in [0.4, 0.5) is 0 Å². The molecule has 0 aliphatic heterocycles. The third-order valence-corrected chi connectivity index (χ3v) is 10.7. The summed E-state index contributed by atoms with van der Waals surface area (Å²) in [4.78, 5) is 16.3. The highest BCUT2D eigenvalue weighted by Gasteiger charge is 2.63. The highest BCUT2D eigenvalue weighted by molar-refractivity contribution is 6.55. The molecule has 1 heterocycles. The molecular formula is C29H36N2O4Si. The summed E-state index contributed by atoms with van der Waals surface area (Å²) in [6.45, 7) is 7.25. The van der Waals surface area contributed by atoms with E-state index >= 15 is 0 Å². The van der Waals surface area contributed by atoms with Crippen molar-refractivity contribution in [2.24, 2.45) is 35.0 Å². The first-order valence-corrected chi connectivity index (χ1v) is 16.3. The molecule has 0 saturated heterocycles. The number of rotatable bonds is 6. The van der Waals surface area contributed by atoms with Crippen molar-refractivity contribution < 1.29 is 19.2 Å². The van der Waals surface area contributed by atoms with Crippen LogP contribution in [0, 0.1) is 35.0 Å². The number of carbonyl (C=O) groups is 1. The summed E-state index contributed by atoms with van der Waals surface area (Å²) in [5.74, 6) is 2.66. The Morgan fingerprint density at radius 2 is 1.92 bits per heavy atom. The zero-order chi connectivity index (χ0) is 25.4. The van der Waals surface area contributed by atoms with Crippen LogP contribution in [0.15, 0.2) is 58.3 Å². The van der Waals surface area contributed by atoms with Gasteiger partial charge in [0.05, 0.1) is 6.04 Å². The lowest BCUT2D eigenvalue weighted by Gasteiger charge is -2.50. The van der Waals surface area contributed by atoms with E-state index in [2.05, 4.69) is 42.2 Å². The zero-order valence-electron chi connectivity index (χ0n) is 21.8. The lowest BCUT2D eigenvalue weighted by molar-refractivity contribution is 0.0421. The number of allylic oxidation sites excluding steroid dienone is 3. The van der Waals surface area contributed by atoms with Gasteiger partial charge in [-0.05, 0) is 54.9 Å². The van der Waals surface area contributed by atoms with E-state index in [0.29, 0.717) is 52.9 Å². The van der Waals surface area contributed by atoms with Gasteiger partial charge in [0.2, 0.25) is 5.78 Å². The molecule has 7 atom stereocenters. The minimum absolute atomic E-state index is 0.0303. The van der Waals surface area contributed by atoms with Crippen LogP contribution < -0.4 is 4.74 Å². The molecule has 6 nitrogen and oxygen atoms in total. The standard InChI is InChI=1S/C29H36N2O4Si/c1-29-13-19-17-11-12-18(20(17)15-36(4)5)21(19)24(32)23(29)25(33)22-26(27(29)31(2)3)35-30-28(22)34-14-16-9-7-6-8-10-16/h6-12,17-21,27,32,36H,13-15H2,1-5H3/t17-,18-,19+,20?,21-,27+,29-/m1/s1. The van der Waals surface area contributed by atoms with E-state index < -0.39 is 14.2 Å². The number of ether oxygens (including phenoxy) is 1. The maximum absolute atomic E-state index is 14.2. The number of aromatic nitrogens is 1. The molecule has 1 aromatic heterocycles. The number of hydrogen-bond donors (Lipinski definition) is 1. The molecule has 190 valence electrons. The Labute approximate surface area is 214 Å². The number of Topliss-reactive ketones (excluding diaryl/α,β-unsaturated/α-hetero) is 1. The average molecular weight is 505 g/mol. The summed E-state index contributed by atoms with van der Waals surface area (Å²) >= 11 is 0. The topological polar surface area (TPSA) is 75.8 Å². The molecule has 1 aromatic carbocycles. The number of hydrogen-bond acceptors (Lipinski definition) is 6. The van der Waals surface area contributed by atoms with E-state index in [1.165, 1.54) is 6.04 Å². The Hall–Kier alpha value is -2.64. The fourth-order valence-electron chi connectivity index (χ4n) is 8.08. The molecule has 1 N–H and O–H groups in total. The van der Waals surface area contributed by atoms with Gasteiger partial charge in [0.15, 0.2) is 5.76 Å². The van der Waals surface area contributed by atoms with Gasteiger partial charge in [0.25, 0.3) is 5.88 Å². The normalized spacial score (nSPS) is 34.4. The van der Waals surface area contributed by atoms with Crippen molar-refractivity contribution in [2.45, 2.75) is 45.1 Å². The molecule has 6 rings (SSSR count). The van der Waals surface area contributed by atoms with Gasteiger partial charge in [0, 0.05) is 25.7 Å². The van der Waals surface area contributed by atoms with Gasteiger partial charge in [-0.1, -0.05) is 68.5 Å². The number of benzene rings is 1. The SMILES string of the molecule is CN(C)[C@H]1c2onc(OCc3ccccc3)c2C(=O)C2=C(O)[C@H]3[C@@H](C[C@]21C)[C@H]1C=C[C@@H]3C1C[SiH](C)C. The van der Waals surface area contributed by atoms with Crippen molar-refractivity contribution in [1.29, 1.82) is 0 Å². The molecule has 2 aromatic rings. The van der Waals surface area contributed by atoms with E-state index in [4.69, 9.17) is 9.26 Å². The Bertz CT molecular complexity index is 1250. The molecule has 0 radical (unpaired) electrons. The second-order valence-electron chi connectivity index (χ2n) is 12.1. The van der Waals surface area contributed by atoms with Crippen molar-refractivity contribution in [2.75, 3.05) is 14.1 Å². The fourth-order valence-corrected chi connectivity index (χ4v) is 9.79. The lowest BCUT2D eigenvalue weighted by Crippen LogP contribution is -2.49. The lowest BCUT2D eigenvalue weighted by atomic mass is 9.56. The number of ketones is 1. The van der Waals surface area contributed by atoms with E-state index in [1.807, 2.05) is 44.4 Å². The maximum atomic E-state index is 14.2. The van der Waals surface area contributed by atoms with Crippen molar-refractivity contribution in [3.05, 3.63) is 70.7 Å². The number of aliphatic hydroxyl groups is 1. The Morgan fingerprint density at radius 1 is 1.19 bits per heavy atom. The monoisotopic (exact) mass is 504 g/mol. The minimum Gasteiger partial charge on any atom is -0.512 e. The molecule has 7 heteroatoms. The molecule has 1 unspecified atom stereocenters. The van der Waals surface area contributed by atoms with Crippen molar-refractivity contribution in [1.82, 2.24) is 10.1 Å². The smallest absolute Gasteiger partial charge is 0.266 e. The van der Waals surface area contributed by atoms with Crippen molar-refractivity contribution in [3.63, 3.8) is 0 Å². The van der Waals surface area contributed by atoms with Gasteiger partial charge in [-0.3, -0.25) is 9.69 Å². The van der Waals surface area contributed by atoms with Crippen LogP contribution in [0.25, 0.3) is 0 Å². The minimum atomic E-state index is -0.762. The van der Waals surface area contributed by atoms with Gasteiger partial charge in [-0.25, -0.2) is 0 Å². The van der Waals surface area contributed by atoms with E-state index in [-0.39, 0.29) is 23.6 Å². The van der Waals surface area contributed by atoms with Gasteiger partial charge in [-0.2, -0.15) is 0 Å². The van der Waals surface area contributed by atoms with Crippen LogP contribution in [0.1, 0.15) is 41.1 Å². The number of aliphatic hydroxyl groups excluding tert-OH is 1. The number of fused-ring (bicyclic) bond motifs is 7. The number of nitrogens with zero attached hydrogens (tertiary/aromatic N) is 2. The molecular weight excluding hydrogens is 468 g/mol. The summed E-state index contributed by atoms with van der Waals surface area (Å²) < 4.78 is 11.9. The second-order valence-corrected chi connectivity index (χ2v) is 15.4. The summed E-state index contributed by atoms with van der Waals surface area (Å²) in [6.07, 6.45) is 5.58. The third kappa shape index (κ3) is 3.32. The summed E-state index contributed by atoms with van der Waals surface area (Å²) in [5.41, 5.74) is 1.34. The predicted octanol–water partition coefficient (Wildman–Crippen LogP) is 5.43. The molecule has 0 amide bonds. The third-order valence-electron chi connectivity index (χ3n) is 9.19. The van der Waals surface area contributed by atoms with Crippen LogP contribution in [0.3, 0.4) is 0 Å². The molecule has 4 aliphatic carbocycles. The largest absolute Gasteiger partial charge is 0.512 e. The van der Waals surface area contributed by atoms with Gasteiger partial charge < -0.3 is 14.4 Å². The Kier molecular flexibility index (Phi) is 5.57. The first kappa shape index (κ1) is 23.7. The van der Waals surface area contributed by atoms with Gasteiger partial charge >= 0.3 is 0 Å². The van der Waals surface area contributed by atoms with Crippen LogP contribution in [-0.4, -0.2) is 43.8 Å². The second kappa shape index (κ2) is 8.45. The summed E-state index contributed by atoms with van der Waals surface area (Å²) in [5, 5.41) is 16.1. The molecule has 1 fully saturated rings. The van der Waals surface area contributed by atoms with E-state index in [1.54, 1.807) is 0 Å². The highest BCUT2D eigenvalue weighted by Crippen LogP contribution is 2.67. The van der Waals surface area contributed by atoms with Gasteiger partial charge in [-0.15, -0.1) is 0 Å². The predicted molar refractivity (Wildman–Crippen MR) is 141 cm³/mol. The Morgan fingerprint density at radius 3 is 2.61 bits per heavy atom. The Balaban J connectivity index is 1.42. The molecule has 1 saturated carbocycles. The number of carbonyl (C=O) groups excluding carboxylic acids is 1. The zero-order valence-corrected chi connectivity index (χ0v) is 22.9. The molecule has 36 heavy (non-hydrogen) atoms. The van der Waals surface area contributed by atoms with Crippen molar-refractivity contribution in [3.8, 4) is 5.88 Å². The van der Waals surface area contributed by atoms with Crippen LogP contribution in [-0.2, 0) is 6.61 Å². The summed E-state index contributed by atoms with van der Waals surface area (Å²) in [6, 6.07) is 10.9. The summed E-state index contributed by atoms with van der Waals surface area (Å²) in [7, 11) is 3.26. The van der Waals surface area contributed by atoms with Crippen molar-refractivity contribution >= 4 is 14.6 Å². The van der Waals surface area contributed by atoms with Crippen LogP contribution >= 0.6 is 0 Å². The van der Waals surface area contributed by atoms with Crippen LogP contribution in [0.5, 0.6) is 5.88 Å². The first-order chi connectivity index (χ1) is 17.2. The van der Waals surface area contributed by atoms with Crippen LogP contribution in [0.2, 0.25) is 19.1 Å². The maximum Gasteiger partial charge on any atom is 0.266 e. The van der Waals surface area contributed by atoms with Gasteiger partial charge in [0.1, 0.15) is 17.9 Å². The van der Waals surface area contributed by atoms with E-state index in [0.717, 1.165) is 12.0 Å². The molecule has 2 bridgehead atoms. The van der Waals surface area contributed by atoms with E-state index in [9.17, 15) is 9.90 Å². The highest BCUT2D eigenvalue weighted by atomic mass is 28.3. The first-order valence-electron chi connectivity index (χ1n) is 13.2. The fraction of sp³-hybridized carbons (Fsp3) is 0.517. The quantitative estimate of drug-likeness (QED) is 0.418. The molecule has 4 aliphatic rings. The average Bonchev–Trinajstić information content (AvgIpc) is 3.49.